The molecule has 0 spiro atoms. The lowest BCUT2D eigenvalue weighted by atomic mass is 10.3. The lowest BCUT2D eigenvalue weighted by molar-refractivity contribution is -0.132. The Morgan fingerprint density at radius 2 is 2.11 bits per heavy atom. The summed E-state index contributed by atoms with van der Waals surface area (Å²) in [5, 5.41) is 3.24. The topological polar surface area (TPSA) is 45.5 Å². The number of carbonyl (C=O) groups excluding carboxylic acids is 1. The summed E-state index contributed by atoms with van der Waals surface area (Å²) in [5.74, 6) is 2.98. The van der Waals surface area contributed by atoms with Crippen LogP contribution in [0.1, 0.15) is 31.3 Å². The minimum absolute atomic E-state index is 0.146. The highest BCUT2D eigenvalue weighted by atomic mass is 32.2. The van der Waals surface area contributed by atoms with E-state index in [1.165, 1.54) is 0 Å². The van der Waals surface area contributed by atoms with Crippen molar-refractivity contribution in [2.75, 3.05) is 19.3 Å². The van der Waals surface area contributed by atoms with Crippen LogP contribution in [0.3, 0.4) is 0 Å². The fourth-order valence-electron chi connectivity index (χ4n) is 2.29. The Morgan fingerprint density at radius 1 is 1.42 bits per heavy atom. The number of rotatable bonds is 6. The summed E-state index contributed by atoms with van der Waals surface area (Å²) in [6.07, 6.45) is 4.32. The maximum Gasteiger partial charge on any atom is 0.239 e. The molecule has 0 saturated carbocycles. The van der Waals surface area contributed by atoms with Crippen molar-refractivity contribution < 1.29 is 9.21 Å². The first-order chi connectivity index (χ1) is 9.20. The molecule has 0 radical (unpaired) electrons. The lowest BCUT2D eigenvalue weighted by Gasteiger charge is -2.20. The van der Waals surface area contributed by atoms with E-state index in [1.54, 1.807) is 11.8 Å². The Labute approximate surface area is 118 Å². The standard InChI is InChI=1S/C14H22N2O2S/c1-11(14(17)16-7-3-4-8-16)15-9-12-5-6-13(18-12)10-19-2/h5-6,11,15H,3-4,7-10H2,1-2H3. The molecule has 1 saturated heterocycles. The molecule has 1 N–H and O–H groups in total. The van der Waals surface area contributed by atoms with Gasteiger partial charge in [0.1, 0.15) is 11.5 Å². The van der Waals surface area contributed by atoms with Gasteiger partial charge >= 0.3 is 0 Å². The molecule has 0 aromatic carbocycles. The zero-order valence-electron chi connectivity index (χ0n) is 11.6. The number of furan rings is 1. The van der Waals surface area contributed by atoms with E-state index >= 15 is 0 Å². The minimum Gasteiger partial charge on any atom is -0.464 e. The number of carbonyl (C=O) groups is 1. The van der Waals surface area contributed by atoms with Crippen molar-refractivity contribution in [3.8, 4) is 0 Å². The molecule has 5 heteroatoms. The first kappa shape index (κ1) is 14.5. The van der Waals surface area contributed by atoms with Gasteiger partial charge in [0, 0.05) is 13.1 Å². The van der Waals surface area contributed by atoms with Gasteiger partial charge in [-0.2, -0.15) is 11.8 Å². The highest BCUT2D eigenvalue weighted by molar-refractivity contribution is 7.97. The van der Waals surface area contributed by atoms with Gasteiger partial charge in [-0.1, -0.05) is 0 Å². The Balaban J connectivity index is 1.78. The van der Waals surface area contributed by atoms with Crippen molar-refractivity contribution in [1.82, 2.24) is 10.2 Å². The molecule has 0 aliphatic carbocycles. The van der Waals surface area contributed by atoms with E-state index in [1.807, 2.05) is 24.0 Å². The van der Waals surface area contributed by atoms with Crippen LogP contribution in [0.25, 0.3) is 0 Å². The fraction of sp³-hybridized carbons (Fsp3) is 0.643. The average Bonchev–Trinajstić information content (AvgIpc) is 3.06. The van der Waals surface area contributed by atoms with Crippen LogP contribution >= 0.6 is 11.8 Å². The maximum absolute atomic E-state index is 12.1. The van der Waals surface area contributed by atoms with Crippen LogP contribution in [-0.4, -0.2) is 36.2 Å². The predicted octanol–water partition coefficient (Wildman–Crippen LogP) is 2.24. The van der Waals surface area contributed by atoms with E-state index in [4.69, 9.17) is 4.42 Å². The molecule has 2 rings (SSSR count). The van der Waals surface area contributed by atoms with E-state index in [9.17, 15) is 4.79 Å². The van der Waals surface area contributed by atoms with Crippen molar-refractivity contribution in [3.05, 3.63) is 23.7 Å². The summed E-state index contributed by atoms with van der Waals surface area (Å²) in [7, 11) is 0. The summed E-state index contributed by atoms with van der Waals surface area (Å²) in [6.45, 7) is 4.34. The van der Waals surface area contributed by atoms with Crippen LogP contribution in [0.4, 0.5) is 0 Å². The summed E-state index contributed by atoms with van der Waals surface area (Å²) in [6, 6.07) is 3.83. The van der Waals surface area contributed by atoms with Crippen molar-refractivity contribution in [1.29, 1.82) is 0 Å². The first-order valence-corrected chi connectivity index (χ1v) is 8.19. The molecule has 0 bridgehead atoms. The first-order valence-electron chi connectivity index (χ1n) is 6.79. The molecule has 1 aliphatic rings. The number of hydrogen-bond acceptors (Lipinski definition) is 4. The molecule has 19 heavy (non-hydrogen) atoms. The second kappa shape index (κ2) is 7.01. The van der Waals surface area contributed by atoms with Crippen LogP contribution in [-0.2, 0) is 17.1 Å². The van der Waals surface area contributed by atoms with Gasteiger partial charge in [-0.05, 0) is 38.2 Å². The molecule has 1 aliphatic heterocycles. The number of nitrogens with one attached hydrogen (secondary N) is 1. The number of thioether (sulfide) groups is 1. The molecular formula is C14H22N2O2S. The van der Waals surface area contributed by atoms with Crippen molar-refractivity contribution >= 4 is 17.7 Å². The zero-order chi connectivity index (χ0) is 13.7. The number of nitrogens with zero attached hydrogens (tertiary/aromatic N) is 1. The normalized spacial score (nSPS) is 16.8. The van der Waals surface area contributed by atoms with Gasteiger partial charge in [-0.3, -0.25) is 10.1 Å². The Hall–Kier alpha value is -0.940. The van der Waals surface area contributed by atoms with Gasteiger partial charge in [0.05, 0.1) is 18.3 Å². The Kier molecular flexibility index (Phi) is 5.34. The molecule has 1 unspecified atom stereocenters. The third kappa shape index (κ3) is 4.01. The molecule has 1 aromatic heterocycles. The van der Waals surface area contributed by atoms with Crippen LogP contribution in [0.5, 0.6) is 0 Å². The van der Waals surface area contributed by atoms with Crippen molar-refractivity contribution in [3.63, 3.8) is 0 Å². The lowest BCUT2D eigenvalue weighted by Crippen LogP contribution is -2.43. The molecule has 1 amide bonds. The number of likely N-dealkylation sites (tertiary alicyclic amines) is 1. The molecular weight excluding hydrogens is 260 g/mol. The third-order valence-electron chi connectivity index (χ3n) is 3.37. The van der Waals surface area contributed by atoms with Gasteiger partial charge in [0.25, 0.3) is 0 Å². The predicted molar refractivity (Wildman–Crippen MR) is 78.0 cm³/mol. The van der Waals surface area contributed by atoms with E-state index in [2.05, 4.69) is 11.6 Å². The molecule has 2 heterocycles. The third-order valence-corrected chi connectivity index (χ3v) is 3.95. The van der Waals surface area contributed by atoms with Crippen molar-refractivity contribution in [2.45, 2.75) is 38.1 Å². The van der Waals surface area contributed by atoms with Gasteiger partial charge < -0.3 is 9.32 Å². The van der Waals surface area contributed by atoms with E-state index in [0.717, 1.165) is 43.2 Å². The molecule has 1 aromatic rings. The Morgan fingerprint density at radius 3 is 2.79 bits per heavy atom. The average molecular weight is 282 g/mol. The SMILES string of the molecule is CSCc1ccc(CNC(C)C(=O)N2CCCC2)o1. The monoisotopic (exact) mass is 282 g/mol. The maximum atomic E-state index is 12.1. The Bertz CT molecular complexity index is 413. The smallest absolute Gasteiger partial charge is 0.239 e. The van der Waals surface area contributed by atoms with Crippen molar-refractivity contribution in [2.24, 2.45) is 0 Å². The van der Waals surface area contributed by atoms with Crippen LogP contribution in [0.2, 0.25) is 0 Å². The minimum atomic E-state index is -0.146. The number of amides is 1. The largest absolute Gasteiger partial charge is 0.464 e. The fourth-order valence-corrected chi connectivity index (χ4v) is 2.73. The summed E-state index contributed by atoms with van der Waals surface area (Å²) >= 11 is 1.74. The van der Waals surface area contributed by atoms with Crippen LogP contribution < -0.4 is 5.32 Å². The summed E-state index contributed by atoms with van der Waals surface area (Å²) in [4.78, 5) is 14.0. The van der Waals surface area contributed by atoms with E-state index < -0.39 is 0 Å². The summed E-state index contributed by atoms with van der Waals surface area (Å²) < 4.78 is 5.67. The molecule has 1 atom stereocenters. The second-order valence-corrected chi connectivity index (χ2v) is 5.80. The molecule has 4 nitrogen and oxygen atoms in total. The van der Waals surface area contributed by atoms with Gasteiger partial charge in [-0.15, -0.1) is 0 Å². The highest BCUT2D eigenvalue weighted by Crippen LogP contribution is 2.14. The summed E-state index contributed by atoms with van der Waals surface area (Å²) in [5.41, 5.74) is 0. The second-order valence-electron chi connectivity index (χ2n) is 4.94. The zero-order valence-corrected chi connectivity index (χ0v) is 12.5. The van der Waals surface area contributed by atoms with Gasteiger partial charge in [0.2, 0.25) is 5.91 Å². The molecule has 106 valence electrons. The van der Waals surface area contributed by atoms with E-state index in [-0.39, 0.29) is 11.9 Å². The molecule has 1 fully saturated rings. The quantitative estimate of drug-likeness (QED) is 0.869. The van der Waals surface area contributed by atoms with Crippen LogP contribution in [0, 0.1) is 0 Å². The number of hydrogen-bond donors (Lipinski definition) is 1. The van der Waals surface area contributed by atoms with Gasteiger partial charge in [0.15, 0.2) is 0 Å². The van der Waals surface area contributed by atoms with Crippen LogP contribution in [0.15, 0.2) is 16.5 Å². The van der Waals surface area contributed by atoms with E-state index in [0.29, 0.717) is 6.54 Å². The highest BCUT2D eigenvalue weighted by Gasteiger charge is 2.22. The van der Waals surface area contributed by atoms with Gasteiger partial charge in [-0.25, -0.2) is 0 Å².